The van der Waals surface area contributed by atoms with Gasteiger partial charge in [-0.15, -0.1) is 11.6 Å². The van der Waals surface area contributed by atoms with Crippen molar-refractivity contribution in [2.75, 3.05) is 17.4 Å². The zero-order valence-electron chi connectivity index (χ0n) is 12.6. The fourth-order valence-corrected chi connectivity index (χ4v) is 2.72. The summed E-state index contributed by atoms with van der Waals surface area (Å²) in [5.41, 5.74) is 3.64. The number of imide groups is 1. The van der Waals surface area contributed by atoms with Crippen LogP contribution in [0.15, 0.2) is 12.1 Å². The van der Waals surface area contributed by atoms with Crippen LogP contribution in [0.1, 0.15) is 42.4 Å². The summed E-state index contributed by atoms with van der Waals surface area (Å²) < 4.78 is 5.01. The van der Waals surface area contributed by atoms with Crippen LogP contribution in [0, 0.1) is 13.8 Å². The summed E-state index contributed by atoms with van der Waals surface area (Å²) in [6.07, 6.45) is 1.65. The molecule has 1 aliphatic rings. The maximum absolute atomic E-state index is 12.2. The Morgan fingerprint density at radius 3 is 2.52 bits per heavy atom. The van der Waals surface area contributed by atoms with Crippen LogP contribution in [0.25, 0.3) is 0 Å². The van der Waals surface area contributed by atoms with Gasteiger partial charge in [-0.05, 0) is 56.2 Å². The van der Waals surface area contributed by atoms with Crippen molar-refractivity contribution in [3.63, 3.8) is 0 Å². The molecule has 1 fully saturated rings. The first-order chi connectivity index (χ1) is 10.0. The number of carbonyl (C=O) groups excluding carboxylic acids is 2. The average molecular weight is 310 g/mol. The van der Waals surface area contributed by atoms with Crippen LogP contribution in [0.4, 0.5) is 10.5 Å². The van der Waals surface area contributed by atoms with Gasteiger partial charge in [0.25, 0.3) is 5.91 Å². The van der Waals surface area contributed by atoms with E-state index < -0.39 is 12.0 Å². The molecule has 0 bridgehead atoms. The molecule has 0 spiro atoms. The van der Waals surface area contributed by atoms with Gasteiger partial charge in [0.1, 0.15) is 5.88 Å². The molecule has 21 heavy (non-hydrogen) atoms. The summed E-state index contributed by atoms with van der Waals surface area (Å²) in [5, 5.41) is 0. The van der Waals surface area contributed by atoms with Gasteiger partial charge in [0.05, 0.1) is 12.3 Å². The van der Waals surface area contributed by atoms with Crippen molar-refractivity contribution in [2.24, 2.45) is 0 Å². The van der Waals surface area contributed by atoms with E-state index in [2.05, 4.69) is 6.07 Å². The van der Waals surface area contributed by atoms with Crippen molar-refractivity contribution in [3.8, 4) is 0 Å². The van der Waals surface area contributed by atoms with Crippen LogP contribution in [0.2, 0.25) is 0 Å². The number of anilines is 1. The second-order valence-electron chi connectivity index (χ2n) is 5.28. The smallest absolute Gasteiger partial charge is 0.421 e. The first-order valence-corrected chi connectivity index (χ1v) is 7.70. The van der Waals surface area contributed by atoms with Crippen LogP contribution in [0.5, 0.6) is 0 Å². The van der Waals surface area contributed by atoms with Crippen LogP contribution in [0.3, 0.4) is 0 Å². The van der Waals surface area contributed by atoms with Gasteiger partial charge in [0.2, 0.25) is 0 Å². The molecule has 0 aromatic heterocycles. The molecule has 0 aliphatic heterocycles. The number of hydrogen-bond donors (Lipinski definition) is 0. The van der Waals surface area contributed by atoms with E-state index in [1.165, 1.54) is 5.56 Å². The molecule has 4 nitrogen and oxygen atoms in total. The number of benzene rings is 1. The Labute approximate surface area is 130 Å². The molecule has 114 valence electrons. The monoisotopic (exact) mass is 309 g/mol. The van der Waals surface area contributed by atoms with Crippen molar-refractivity contribution in [1.82, 2.24) is 0 Å². The molecule has 1 aromatic carbocycles. The maximum atomic E-state index is 12.2. The van der Waals surface area contributed by atoms with E-state index >= 15 is 0 Å². The standard InChI is InChI=1S/C16H20ClNO3/c1-4-21-16(20)18(14(19)9-17)15-10(2)5-8-13(11(15)3)12-6-7-12/h5,8,12H,4,6-7,9H2,1-3H3. The highest BCUT2D eigenvalue weighted by Crippen LogP contribution is 2.44. The van der Waals surface area contributed by atoms with Gasteiger partial charge in [-0.25, -0.2) is 9.69 Å². The maximum Gasteiger partial charge on any atom is 0.421 e. The van der Waals surface area contributed by atoms with Crippen molar-refractivity contribution >= 4 is 29.3 Å². The molecule has 0 heterocycles. The number of rotatable bonds is 4. The predicted octanol–water partition coefficient (Wildman–Crippen LogP) is 3.91. The lowest BCUT2D eigenvalue weighted by Crippen LogP contribution is -2.39. The predicted molar refractivity (Wildman–Crippen MR) is 83.1 cm³/mol. The fourth-order valence-electron chi connectivity index (χ4n) is 2.60. The van der Waals surface area contributed by atoms with Crippen LogP contribution in [-0.4, -0.2) is 24.5 Å². The molecular weight excluding hydrogens is 290 g/mol. The zero-order chi connectivity index (χ0) is 15.6. The van der Waals surface area contributed by atoms with Gasteiger partial charge < -0.3 is 4.74 Å². The van der Waals surface area contributed by atoms with E-state index in [0.29, 0.717) is 11.6 Å². The number of halogens is 1. The van der Waals surface area contributed by atoms with Crippen molar-refractivity contribution in [2.45, 2.75) is 39.5 Å². The van der Waals surface area contributed by atoms with Crippen molar-refractivity contribution < 1.29 is 14.3 Å². The molecule has 1 saturated carbocycles. The molecule has 2 amide bonds. The highest BCUT2D eigenvalue weighted by molar-refractivity contribution is 6.32. The Bertz CT molecular complexity index is 567. The number of amides is 2. The van der Waals surface area contributed by atoms with E-state index in [1.807, 2.05) is 19.9 Å². The third kappa shape index (κ3) is 3.21. The molecule has 0 radical (unpaired) electrons. The largest absolute Gasteiger partial charge is 0.449 e. The van der Waals surface area contributed by atoms with Gasteiger partial charge in [-0.3, -0.25) is 4.79 Å². The molecule has 1 aliphatic carbocycles. The zero-order valence-corrected chi connectivity index (χ0v) is 13.4. The summed E-state index contributed by atoms with van der Waals surface area (Å²) in [6, 6.07) is 4.03. The highest BCUT2D eigenvalue weighted by Gasteiger charge is 2.31. The Morgan fingerprint density at radius 2 is 2.00 bits per heavy atom. The lowest BCUT2D eigenvalue weighted by Gasteiger charge is -2.24. The van der Waals surface area contributed by atoms with Crippen molar-refractivity contribution in [1.29, 1.82) is 0 Å². The number of aryl methyl sites for hydroxylation is 1. The number of ether oxygens (including phenoxy) is 1. The van der Waals surface area contributed by atoms with Gasteiger partial charge in [-0.2, -0.15) is 0 Å². The van der Waals surface area contributed by atoms with Gasteiger partial charge in [0.15, 0.2) is 0 Å². The molecule has 0 unspecified atom stereocenters. The summed E-state index contributed by atoms with van der Waals surface area (Å²) in [6.45, 7) is 5.75. The Morgan fingerprint density at radius 1 is 1.33 bits per heavy atom. The fraction of sp³-hybridized carbons (Fsp3) is 0.500. The summed E-state index contributed by atoms with van der Waals surface area (Å²) in [7, 11) is 0. The molecular formula is C16H20ClNO3. The molecule has 0 saturated heterocycles. The molecule has 1 aromatic rings. The first-order valence-electron chi connectivity index (χ1n) is 7.17. The van der Waals surface area contributed by atoms with E-state index in [1.54, 1.807) is 6.92 Å². The Hall–Kier alpha value is -1.55. The lowest BCUT2D eigenvalue weighted by molar-refractivity contribution is -0.115. The van der Waals surface area contributed by atoms with E-state index in [4.69, 9.17) is 16.3 Å². The van der Waals surface area contributed by atoms with Crippen molar-refractivity contribution in [3.05, 3.63) is 28.8 Å². The molecule has 0 N–H and O–H groups in total. The second-order valence-corrected chi connectivity index (χ2v) is 5.55. The lowest BCUT2D eigenvalue weighted by atomic mass is 9.98. The summed E-state index contributed by atoms with van der Waals surface area (Å²) in [5.74, 6) is -0.181. The number of hydrogen-bond acceptors (Lipinski definition) is 3. The van der Waals surface area contributed by atoms with Gasteiger partial charge in [0, 0.05) is 0 Å². The Kier molecular flexibility index (Phi) is 4.88. The first kappa shape index (κ1) is 15.8. The minimum Gasteiger partial charge on any atom is -0.449 e. The van der Waals surface area contributed by atoms with E-state index in [9.17, 15) is 9.59 Å². The Balaban J connectivity index is 2.50. The third-order valence-electron chi connectivity index (χ3n) is 3.73. The third-order valence-corrected chi connectivity index (χ3v) is 3.96. The second kappa shape index (κ2) is 6.48. The topological polar surface area (TPSA) is 46.6 Å². The summed E-state index contributed by atoms with van der Waals surface area (Å²) >= 11 is 5.66. The number of nitrogens with zero attached hydrogens (tertiary/aromatic N) is 1. The van der Waals surface area contributed by atoms with E-state index in [-0.39, 0.29) is 12.5 Å². The van der Waals surface area contributed by atoms with Gasteiger partial charge >= 0.3 is 6.09 Å². The summed E-state index contributed by atoms with van der Waals surface area (Å²) in [4.78, 5) is 25.4. The van der Waals surface area contributed by atoms with E-state index in [0.717, 1.165) is 28.9 Å². The quantitative estimate of drug-likeness (QED) is 0.792. The minimum absolute atomic E-state index is 0.214. The number of carbonyl (C=O) groups is 2. The normalized spacial score (nSPS) is 13.9. The molecule has 0 atom stereocenters. The molecule has 2 rings (SSSR count). The SMILES string of the molecule is CCOC(=O)N(C(=O)CCl)c1c(C)ccc(C2CC2)c1C. The van der Waals surface area contributed by atoms with Gasteiger partial charge in [-0.1, -0.05) is 12.1 Å². The van der Waals surface area contributed by atoms with Crippen LogP contribution in [-0.2, 0) is 9.53 Å². The van der Waals surface area contributed by atoms with Crippen LogP contribution >= 0.6 is 11.6 Å². The average Bonchev–Trinajstić information content (AvgIpc) is 3.27. The highest BCUT2D eigenvalue weighted by atomic mass is 35.5. The minimum atomic E-state index is -0.665. The van der Waals surface area contributed by atoms with Crippen LogP contribution < -0.4 is 4.90 Å². The number of alkyl halides is 1. The molecule has 5 heteroatoms.